The van der Waals surface area contributed by atoms with E-state index in [-0.39, 0.29) is 5.91 Å². The Kier molecular flexibility index (Phi) is 5.26. The number of halogens is 2. The Morgan fingerprint density at radius 1 is 1.19 bits per heavy atom. The standard InChI is InChI=1S/C16H16BrClN2O/c1-3-19-14-7-4-11(8-10(14)2)16(21)20-15-9-12(17)5-6-13(15)18/h4-9,19H,3H2,1-2H3,(H,20,21). The molecule has 0 aliphatic rings. The molecule has 2 N–H and O–H groups in total. The second-order valence-corrected chi connectivity index (χ2v) is 5.96. The summed E-state index contributed by atoms with van der Waals surface area (Å²) in [6.45, 7) is 4.86. The maximum Gasteiger partial charge on any atom is 0.255 e. The molecule has 0 saturated carbocycles. The van der Waals surface area contributed by atoms with Crippen molar-refractivity contribution in [3.8, 4) is 0 Å². The van der Waals surface area contributed by atoms with Gasteiger partial charge in [-0.1, -0.05) is 27.5 Å². The lowest BCUT2D eigenvalue weighted by Gasteiger charge is -2.11. The van der Waals surface area contributed by atoms with Crippen LogP contribution in [0.1, 0.15) is 22.8 Å². The lowest BCUT2D eigenvalue weighted by molar-refractivity contribution is 0.102. The van der Waals surface area contributed by atoms with E-state index in [2.05, 4.69) is 26.6 Å². The molecule has 2 aromatic carbocycles. The number of anilines is 2. The highest BCUT2D eigenvalue weighted by atomic mass is 79.9. The number of hydrogen-bond donors (Lipinski definition) is 2. The molecule has 0 bridgehead atoms. The first-order chi connectivity index (χ1) is 10.0. The van der Waals surface area contributed by atoms with Gasteiger partial charge in [-0.25, -0.2) is 0 Å². The van der Waals surface area contributed by atoms with Crippen molar-refractivity contribution in [3.05, 3.63) is 57.0 Å². The molecule has 0 aromatic heterocycles. The molecule has 0 aliphatic heterocycles. The van der Waals surface area contributed by atoms with Crippen LogP contribution in [0.2, 0.25) is 5.02 Å². The highest BCUT2D eigenvalue weighted by Crippen LogP contribution is 2.26. The van der Waals surface area contributed by atoms with Crippen LogP contribution in [0, 0.1) is 6.92 Å². The van der Waals surface area contributed by atoms with E-state index in [9.17, 15) is 4.79 Å². The van der Waals surface area contributed by atoms with E-state index in [1.165, 1.54) is 0 Å². The average Bonchev–Trinajstić information content (AvgIpc) is 2.45. The number of carbonyl (C=O) groups is 1. The van der Waals surface area contributed by atoms with Crippen LogP contribution in [0.25, 0.3) is 0 Å². The SMILES string of the molecule is CCNc1ccc(C(=O)Nc2cc(Br)ccc2Cl)cc1C. The summed E-state index contributed by atoms with van der Waals surface area (Å²) in [7, 11) is 0. The maximum atomic E-state index is 12.3. The number of rotatable bonds is 4. The largest absolute Gasteiger partial charge is 0.385 e. The van der Waals surface area contributed by atoms with E-state index in [1.807, 2.05) is 32.0 Å². The normalized spacial score (nSPS) is 10.3. The first kappa shape index (κ1) is 15.9. The molecule has 0 spiro atoms. The van der Waals surface area contributed by atoms with Gasteiger partial charge < -0.3 is 10.6 Å². The van der Waals surface area contributed by atoms with Gasteiger partial charge >= 0.3 is 0 Å². The third-order valence-corrected chi connectivity index (χ3v) is 3.86. The highest BCUT2D eigenvalue weighted by Gasteiger charge is 2.10. The van der Waals surface area contributed by atoms with Gasteiger partial charge in [-0.3, -0.25) is 4.79 Å². The van der Waals surface area contributed by atoms with Crippen LogP contribution >= 0.6 is 27.5 Å². The first-order valence-corrected chi connectivity index (χ1v) is 7.79. The lowest BCUT2D eigenvalue weighted by Crippen LogP contribution is -2.13. The Labute approximate surface area is 137 Å². The third-order valence-electron chi connectivity index (χ3n) is 3.03. The van der Waals surface area contributed by atoms with Gasteiger partial charge in [0, 0.05) is 22.3 Å². The molecule has 0 atom stereocenters. The van der Waals surface area contributed by atoms with E-state index in [4.69, 9.17) is 11.6 Å². The van der Waals surface area contributed by atoms with E-state index in [0.717, 1.165) is 22.3 Å². The molecular weight excluding hydrogens is 352 g/mol. The van der Waals surface area contributed by atoms with Crippen LogP contribution in [0.15, 0.2) is 40.9 Å². The Morgan fingerprint density at radius 2 is 1.95 bits per heavy atom. The van der Waals surface area contributed by atoms with Gasteiger partial charge in [0.2, 0.25) is 0 Å². The number of amides is 1. The minimum absolute atomic E-state index is 0.179. The monoisotopic (exact) mass is 366 g/mol. The second kappa shape index (κ2) is 6.96. The smallest absolute Gasteiger partial charge is 0.255 e. The van der Waals surface area contributed by atoms with Crippen molar-refractivity contribution >= 4 is 44.8 Å². The minimum atomic E-state index is -0.179. The maximum absolute atomic E-state index is 12.3. The Bertz CT molecular complexity index is 673. The van der Waals surface area contributed by atoms with Gasteiger partial charge in [0.1, 0.15) is 0 Å². The third kappa shape index (κ3) is 3.99. The van der Waals surface area contributed by atoms with Crippen LogP contribution in [0.3, 0.4) is 0 Å². The van der Waals surface area contributed by atoms with Gasteiger partial charge in [-0.05, 0) is 55.8 Å². The summed E-state index contributed by atoms with van der Waals surface area (Å²) in [6.07, 6.45) is 0. The molecule has 0 heterocycles. The summed E-state index contributed by atoms with van der Waals surface area (Å²) in [5, 5.41) is 6.58. The van der Waals surface area contributed by atoms with Gasteiger partial charge in [0.15, 0.2) is 0 Å². The number of hydrogen-bond acceptors (Lipinski definition) is 2. The molecule has 5 heteroatoms. The van der Waals surface area contributed by atoms with Crippen LogP contribution < -0.4 is 10.6 Å². The van der Waals surface area contributed by atoms with Crippen LogP contribution in [-0.4, -0.2) is 12.5 Å². The number of carbonyl (C=O) groups excluding carboxylic acids is 1. The summed E-state index contributed by atoms with van der Waals surface area (Å²) >= 11 is 9.44. The fourth-order valence-electron chi connectivity index (χ4n) is 1.98. The molecule has 0 fully saturated rings. The predicted molar refractivity (Wildman–Crippen MR) is 92.4 cm³/mol. The topological polar surface area (TPSA) is 41.1 Å². The van der Waals surface area contributed by atoms with Crippen LogP contribution in [0.4, 0.5) is 11.4 Å². The van der Waals surface area contributed by atoms with Gasteiger partial charge in [0.25, 0.3) is 5.91 Å². The van der Waals surface area contributed by atoms with Gasteiger partial charge in [-0.15, -0.1) is 0 Å². The summed E-state index contributed by atoms with van der Waals surface area (Å²) in [4.78, 5) is 12.3. The Balaban J connectivity index is 2.20. The van der Waals surface area contributed by atoms with Crippen molar-refractivity contribution < 1.29 is 4.79 Å². The molecule has 0 radical (unpaired) electrons. The summed E-state index contributed by atoms with van der Waals surface area (Å²) in [5.74, 6) is -0.179. The van der Waals surface area contributed by atoms with Crippen LogP contribution in [0.5, 0.6) is 0 Å². The van der Waals surface area contributed by atoms with Crippen molar-refractivity contribution in [2.24, 2.45) is 0 Å². The molecule has 21 heavy (non-hydrogen) atoms. The van der Waals surface area contributed by atoms with E-state index in [1.54, 1.807) is 18.2 Å². The second-order valence-electron chi connectivity index (χ2n) is 4.64. The summed E-state index contributed by atoms with van der Waals surface area (Å²) in [6, 6.07) is 10.9. The fraction of sp³-hybridized carbons (Fsp3) is 0.188. The number of nitrogens with one attached hydrogen (secondary N) is 2. The number of benzene rings is 2. The summed E-state index contributed by atoms with van der Waals surface area (Å²) in [5.41, 5.74) is 3.26. The molecule has 2 aromatic rings. The van der Waals surface area contributed by atoms with E-state index >= 15 is 0 Å². The lowest BCUT2D eigenvalue weighted by atomic mass is 10.1. The molecule has 0 saturated heterocycles. The average molecular weight is 368 g/mol. The van der Waals surface area contributed by atoms with Crippen molar-refractivity contribution in [3.63, 3.8) is 0 Å². The Hall–Kier alpha value is -1.52. The summed E-state index contributed by atoms with van der Waals surface area (Å²) < 4.78 is 0.862. The van der Waals surface area contributed by atoms with Crippen molar-refractivity contribution in [2.75, 3.05) is 17.2 Å². The molecule has 1 amide bonds. The molecule has 2 rings (SSSR count). The van der Waals surface area contributed by atoms with Gasteiger partial charge in [-0.2, -0.15) is 0 Å². The molecule has 110 valence electrons. The quantitative estimate of drug-likeness (QED) is 0.790. The fourth-order valence-corrected chi connectivity index (χ4v) is 2.51. The van der Waals surface area contributed by atoms with E-state index in [0.29, 0.717) is 16.3 Å². The zero-order valence-electron chi connectivity index (χ0n) is 11.8. The van der Waals surface area contributed by atoms with Gasteiger partial charge in [0.05, 0.1) is 10.7 Å². The van der Waals surface area contributed by atoms with Crippen molar-refractivity contribution in [1.29, 1.82) is 0 Å². The zero-order valence-corrected chi connectivity index (χ0v) is 14.2. The molecule has 3 nitrogen and oxygen atoms in total. The van der Waals surface area contributed by atoms with E-state index < -0.39 is 0 Å². The van der Waals surface area contributed by atoms with Crippen molar-refractivity contribution in [1.82, 2.24) is 0 Å². The molecule has 0 unspecified atom stereocenters. The first-order valence-electron chi connectivity index (χ1n) is 6.62. The van der Waals surface area contributed by atoms with Crippen LogP contribution in [-0.2, 0) is 0 Å². The number of aryl methyl sites for hydroxylation is 1. The predicted octanol–water partition coefficient (Wildman–Crippen LogP) is 5.10. The molecular formula is C16H16BrClN2O. The molecule has 0 aliphatic carbocycles. The van der Waals surface area contributed by atoms with Crippen molar-refractivity contribution in [2.45, 2.75) is 13.8 Å². The highest BCUT2D eigenvalue weighted by molar-refractivity contribution is 9.10. The Morgan fingerprint density at radius 3 is 2.62 bits per heavy atom. The minimum Gasteiger partial charge on any atom is -0.385 e. The zero-order chi connectivity index (χ0) is 15.4.